The molecule has 1 aliphatic heterocycles. The molecule has 1 atom stereocenters. The average Bonchev–Trinajstić information content (AvgIpc) is 3.42. The first-order valence-electron chi connectivity index (χ1n) is 13.1. The average molecular weight is 573 g/mol. The van der Waals surface area contributed by atoms with Crippen LogP contribution in [0.4, 0.5) is 0 Å². The van der Waals surface area contributed by atoms with Crippen LogP contribution in [0.5, 0.6) is 0 Å². The van der Waals surface area contributed by atoms with E-state index >= 15 is 0 Å². The number of likely N-dealkylation sites (tertiary alicyclic amines) is 1. The highest BCUT2D eigenvalue weighted by Gasteiger charge is 2.23. The molecule has 0 aliphatic carbocycles. The number of piperidine rings is 1. The number of aliphatic carboxylic acids is 2. The lowest BCUT2D eigenvalue weighted by atomic mass is 10.0. The Morgan fingerprint density at radius 2 is 1.68 bits per heavy atom. The number of imidazole rings is 2. The number of carbonyl (C=O) groups is 2. The Labute approximate surface area is 234 Å². The summed E-state index contributed by atoms with van der Waals surface area (Å²) in [4.78, 5) is 52.8. The molecule has 0 amide bonds. The van der Waals surface area contributed by atoms with Crippen LogP contribution >= 0.6 is 11.6 Å². The molecule has 0 unspecified atom stereocenters. The molecule has 0 radical (unpaired) electrons. The van der Waals surface area contributed by atoms with Crippen LogP contribution in [0.15, 0.2) is 52.1 Å². The van der Waals surface area contributed by atoms with Gasteiger partial charge < -0.3 is 30.8 Å². The molecule has 4 aromatic rings. The number of hydrogen-bond donors (Lipinski definition) is 5. The number of carboxylic acids is 2. The van der Waals surface area contributed by atoms with Crippen LogP contribution in [0.3, 0.4) is 0 Å². The van der Waals surface area contributed by atoms with Crippen LogP contribution in [-0.2, 0) is 16.1 Å². The Bertz CT molecular complexity index is 1600. The van der Waals surface area contributed by atoms with Gasteiger partial charge in [0.1, 0.15) is 6.04 Å². The van der Waals surface area contributed by atoms with Gasteiger partial charge in [0.25, 0.3) is 0 Å². The van der Waals surface area contributed by atoms with Crippen molar-refractivity contribution in [3.05, 3.63) is 68.5 Å². The molecule has 13 heteroatoms. The maximum absolute atomic E-state index is 12.5. The van der Waals surface area contributed by atoms with Gasteiger partial charge in [0.05, 0.1) is 22.1 Å². The molecule has 5 rings (SSSR count). The second kappa shape index (κ2) is 13.0. The monoisotopic (exact) mass is 572 g/mol. The van der Waals surface area contributed by atoms with Gasteiger partial charge in [-0.1, -0.05) is 23.7 Å². The zero-order valence-corrected chi connectivity index (χ0v) is 22.6. The van der Waals surface area contributed by atoms with E-state index in [2.05, 4.69) is 14.9 Å². The number of carboxylic acid groups (broad SMARTS) is 2. The van der Waals surface area contributed by atoms with E-state index in [1.54, 1.807) is 6.07 Å². The molecule has 6 N–H and O–H groups in total. The third-order valence-electron chi connectivity index (χ3n) is 7.12. The third-order valence-corrected chi connectivity index (χ3v) is 7.36. The predicted octanol–water partition coefficient (Wildman–Crippen LogP) is 2.62. The third kappa shape index (κ3) is 7.00. The highest BCUT2D eigenvalue weighted by Crippen LogP contribution is 2.26. The number of halogens is 1. The van der Waals surface area contributed by atoms with E-state index in [1.165, 1.54) is 0 Å². The summed E-state index contributed by atoms with van der Waals surface area (Å²) >= 11 is 6.05. The molecular weight excluding hydrogens is 540 g/mol. The van der Waals surface area contributed by atoms with E-state index in [9.17, 15) is 19.2 Å². The van der Waals surface area contributed by atoms with Crippen molar-refractivity contribution in [2.45, 2.75) is 50.7 Å². The number of para-hydroxylation sites is 2. The molecule has 12 nitrogen and oxygen atoms in total. The van der Waals surface area contributed by atoms with Crippen LogP contribution in [0.25, 0.3) is 22.1 Å². The Morgan fingerprint density at radius 3 is 2.38 bits per heavy atom. The summed E-state index contributed by atoms with van der Waals surface area (Å²) < 4.78 is 3.70. The number of nitrogens with two attached hydrogens (primary N) is 1. The van der Waals surface area contributed by atoms with E-state index in [4.69, 9.17) is 27.5 Å². The summed E-state index contributed by atoms with van der Waals surface area (Å²) in [7, 11) is 0. The lowest BCUT2D eigenvalue weighted by Crippen LogP contribution is -2.37. The first-order chi connectivity index (χ1) is 19.1. The van der Waals surface area contributed by atoms with Crippen molar-refractivity contribution in [3.8, 4) is 0 Å². The second-order valence-electron chi connectivity index (χ2n) is 9.86. The largest absolute Gasteiger partial charge is 0.481 e. The minimum Gasteiger partial charge on any atom is -0.481 e. The van der Waals surface area contributed by atoms with Crippen molar-refractivity contribution in [2.75, 3.05) is 19.6 Å². The molecular formula is C27H33ClN6O6. The van der Waals surface area contributed by atoms with E-state index < -0.39 is 18.0 Å². The number of fused-ring (bicyclic) bond motifs is 2. The molecule has 0 bridgehead atoms. The summed E-state index contributed by atoms with van der Waals surface area (Å²) in [6.45, 7) is 3.53. The highest BCUT2D eigenvalue weighted by molar-refractivity contribution is 6.31. The molecule has 0 spiro atoms. The number of hydrogen-bond acceptors (Lipinski definition) is 6. The summed E-state index contributed by atoms with van der Waals surface area (Å²) in [6.07, 6.45) is 2.56. The Hall–Kier alpha value is -3.87. The molecule has 1 saturated heterocycles. The van der Waals surface area contributed by atoms with E-state index in [0.717, 1.165) is 61.0 Å². The molecule has 2 aromatic heterocycles. The number of H-pyrrole nitrogens is 2. The van der Waals surface area contributed by atoms with Gasteiger partial charge in [-0.3, -0.25) is 18.7 Å². The van der Waals surface area contributed by atoms with E-state index in [-0.39, 0.29) is 30.3 Å². The van der Waals surface area contributed by atoms with Crippen molar-refractivity contribution in [2.24, 2.45) is 5.73 Å². The Balaban J connectivity index is 0.000000318. The Kier molecular flexibility index (Phi) is 9.46. The summed E-state index contributed by atoms with van der Waals surface area (Å²) in [6, 6.07) is 12.5. The topological polar surface area (TPSA) is 179 Å². The summed E-state index contributed by atoms with van der Waals surface area (Å²) in [5.41, 5.74) is 8.44. The van der Waals surface area contributed by atoms with Crippen LogP contribution in [-0.4, -0.2) is 71.8 Å². The van der Waals surface area contributed by atoms with Crippen molar-refractivity contribution in [1.82, 2.24) is 24.0 Å². The van der Waals surface area contributed by atoms with Crippen molar-refractivity contribution in [3.63, 3.8) is 0 Å². The number of rotatable bonds is 9. The van der Waals surface area contributed by atoms with Gasteiger partial charge in [-0.25, -0.2) is 9.59 Å². The van der Waals surface area contributed by atoms with Crippen molar-refractivity contribution < 1.29 is 19.8 Å². The molecule has 3 heterocycles. The van der Waals surface area contributed by atoms with Crippen LogP contribution in [0, 0.1) is 0 Å². The normalized spacial score (nSPS) is 15.2. The second-order valence-corrected chi connectivity index (χ2v) is 10.3. The first kappa shape index (κ1) is 29.1. The number of aromatic nitrogens is 4. The number of aryl methyl sites for hydroxylation is 1. The minimum atomic E-state index is -1.17. The van der Waals surface area contributed by atoms with Crippen molar-refractivity contribution in [1.29, 1.82) is 0 Å². The fourth-order valence-corrected chi connectivity index (χ4v) is 5.22. The molecule has 214 valence electrons. The minimum absolute atomic E-state index is 0.0231. The van der Waals surface area contributed by atoms with Crippen LogP contribution in [0.1, 0.15) is 38.1 Å². The highest BCUT2D eigenvalue weighted by atomic mass is 35.5. The number of benzene rings is 2. The van der Waals surface area contributed by atoms with Gasteiger partial charge in [-0.2, -0.15) is 0 Å². The molecule has 1 aliphatic rings. The smallest absolute Gasteiger partial charge is 0.326 e. The molecule has 1 fully saturated rings. The fourth-order valence-electron chi connectivity index (χ4n) is 5.05. The van der Waals surface area contributed by atoms with Gasteiger partial charge >= 0.3 is 23.3 Å². The SMILES string of the molecule is N[C@@H](CCC(=O)O)C(=O)O.O=c1[nH]c2ccccc2n1CCCN1CCC(n2c(=O)[nH]c3cc(Cl)ccc32)CC1. The standard InChI is InChI=1S/C22H24ClN5O2.C5H9NO4/c23-15-6-7-20-18(14-15)25-22(30)28(20)16-8-12-26(13-9-16)10-3-11-27-19-5-2-1-4-17(19)24-21(27)29;6-3(5(9)10)1-2-4(7)8/h1-2,4-7,14,16H,3,8-13H2,(H,24,29)(H,25,30);3H,1-2,6H2,(H,7,8)(H,9,10)/t;3-/m.0/s1. The van der Waals surface area contributed by atoms with Crippen molar-refractivity contribution >= 4 is 45.6 Å². The lowest BCUT2D eigenvalue weighted by Gasteiger charge is -2.32. The number of aromatic amines is 2. The van der Waals surface area contributed by atoms with E-state index in [0.29, 0.717) is 11.6 Å². The summed E-state index contributed by atoms with van der Waals surface area (Å²) in [5.74, 6) is -2.20. The van der Waals surface area contributed by atoms with Gasteiger partial charge in [-0.15, -0.1) is 0 Å². The van der Waals surface area contributed by atoms with Gasteiger partial charge in [0, 0.05) is 37.1 Å². The molecule has 2 aromatic carbocycles. The summed E-state index contributed by atoms with van der Waals surface area (Å²) in [5, 5.41) is 16.9. The van der Waals surface area contributed by atoms with E-state index in [1.807, 2.05) is 45.5 Å². The maximum Gasteiger partial charge on any atom is 0.326 e. The van der Waals surface area contributed by atoms with Crippen LogP contribution in [0.2, 0.25) is 5.02 Å². The Morgan fingerprint density at radius 1 is 0.975 bits per heavy atom. The van der Waals surface area contributed by atoms with Gasteiger partial charge in [0.15, 0.2) is 0 Å². The van der Waals surface area contributed by atoms with Gasteiger partial charge in [-0.05, 0) is 62.6 Å². The maximum atomic E-state index is 12.5. The molecule has 0 saturated carbocycles. The zero-order chi connectivity index (χ0) is 28.8. The predicted molar refractivity (Wildman–Crippen MR) is 152 cm³/mol. The van der Waals surface area contributed by atoms with Gasteiger partial charge in [0.2, 0.25) is 0 Å². The zero-order valence-electron chi connectivity index (χ0n) is 21.9. The number of nitrogens with one attached hydrogen (secondary N) is 2. The quantitative estimate of drug-likeness (QED) is 0.203. The molecule has 40 heavy (non-hydrogen) atoms. The van der Waals surface area contributed by atoms with Crippen LogP contribution < -0.4 is 17.1 Å². The number of nitrogens with zero attached hydrogens (tertiary/aromatic N) is 3. The fraction of sp³-hybridized carbons (Fsp3) is 0.407. The first-order valence-corrected chi connectivity index (χ1v) is 13.5. The lowest BCUT2D eigenvalue weighted by molar-refractivity contribution is -0.139.